The van der Waals surface area contributed by atoms with E-state index in [4.69, 9.17) is 0 Å². The lowest BCUT2D eigenvalue weighted by Gasteiger charge is -2.32. The predicted molar refractivity (Wildman–Crippen MR) is 113 cm³/mol. The molecule has 156 valence electrons. The molecule has 0 spiro atoms. The van der Waals surface area contributed by atoms with Gasteiger partial charge in [0, 0.05) is 16.7 Å². The first-order valence-electron chi connectivity index (χ1n) is 9.95. The van der Waals surface area contributed by atoms with Gasteiger partial charge in [0.25, 0.3) is 5.91 Å². The van der Waals surface area contributed by atoms with E-state index in [9.17, 15) is 13.2 Å². The Labute approximate surface area is 173 Å². The first-order chi connectivity index (χ1) is 13.6. The number of hydrogen-bond acceptors (Lipinski definition) is 3. The van der Waals surface area contributed by atoms with Crippen molar-refractivity contribution in [3.63, 3.8) is 0 Å². The van der Waals surface area contributed by atoms with Crippen LogP contribution in [0.5, 0.6) is 0 Å². The fraction of sp³-hybridized carbons (Fsp3) is 0.409. The highest BCUT2D eigenvalue weighted by atomic mass is 32.2. The van der Waals surface area contributed by atoms with Crippen molar-refractivity contribution in [3.8, 4) is 0 Å². The smallest absolute Gasteiger partial charge is 0.254 e. The molecule has 1 heterocycles. The van der Waals surface area contributed by atoms with E-state index in [1.54, 1.807) is 32.9 Å². The Balaban J connectivity index is 1.64. The van der Waals surface area contributed by atoms with Crippen LogP contribution >= 0.6 is 0 Å². The number of quaternary nitrogens is 1. The Morgan fingerprint density at radius 1 is 1.03 bits per heavy atom. The zero-order valence-electron chi connectivity index (χ0n) is 17.3. The first-order valence-corrected chi connectivity index (χ1v) is 11.4. The minimum atomic E-state index is -3.67. The maximum absolute atomic E-state index is 12.9. The fourth-order valence-electron chi connectivity index (χ4n) is 3.53. The average Bonchev–Trinajstić information content (AvgIpc) is 2.67. The van der Waals surface area contributed by atoms with Gasteiger partial charge in [0.1, 0.15) is 6.54 Å². The molecule has 2 aromatic rings. The zero-order valence-corrected chi connectivity index (χ0v) is 18.1. The van der Waals surface area contributed by atoms with Gasteiger partial charge in [0.2, 0.25) is 10.0 Å². The van der Waals surface area contributed by atoms with Gasteiger partial charge in [-0.15, -0.1) is 0 Å². The molecule has 0 saturated carbocycles. The van der Waals surface area contributed by atoms with Gasteiger partial charge in [0.05, 0.1) is 31.1 Å². The topological polar surface area (TPSA) is 70.9 Å². The molecule has 0 aromatic heterocycles. The van der Waals surface area contributed by atoms with Crippen molar-refractivity contribution in [3.05, 3.63) is 65.7 Å². The molecule has 7 heteroatoms. The first kappa shape index (κ1) is 21.5. The van der Waals surface area contributed by atoms with Crippen LogP contribution in [0, 0.1) is 0 Å². The maximum atomic E-state index is 12.9. The van der Waals surface area contributed by atoms with Crippen LogP contribution in [-0.4, -0.2) is 50.9 Å². The van der Waals surface area contributed by atoms with Crippen LogP contribution in [0.15, 0.2) is 59.5 Å². The lowest BCUT2D eigenvalue weighted by atomic mass is 10.1. The zero-order chi connectivity index (χ0) is 21.1. The third kappa shape index (κ3) is 5.88. The second-order valence-corrected chi connectivity index (χ2v) is 10.3. The predicted octanol–water partition coefficient (Wildman–Crippen LogP) is 1.30. The van der Waals surface area contributed by atoms with E-state index < -0.39 is 15.6 Å². The van der Waals surface area contributed by atoms with E-state index >= 15 is 0 Å². The van der Waals surface area contributed by atoms with Crippen molar-refractivity contribution in [1.29, 1.82) is 0 Å². The Hall–Kier alpha value is -2.22. The van der Waals surface area contributed by atoms with Crippen molar-refractivity contribution in [2.75, 3.05) is 26.2 Å². The summed E-state index contributed by atoms with van der Waals surface area (Å²) in [6, 6.07) is 16.7. The number of carbonyl (C=O) groups is 1. The molecule has 0 bridgehead atoms. The standard InChI is InChI=1S/C22H29N3O3S/c1-22(2,3)23-29(27,28)20-11-7-10-19(16-20)21(26)25-14-12-24(13-15-25)17-18-8-5-4-6-9-18/h4-11,16,23H,12-15,17H2,1-3H3/p+1. The summed E-state index contributed by atoms with van der Waals surface area (Å²) in [5.74, 6) is -0.114. The van der Waals surface area contributed by atoms with Crippen molar-refractivity contribution in [1.82, 2.24) is 9.62 Å². The van der Waals surface area contributed by atoms with Crippen molar-refractivity contribution in [2.45, 2.75) is 37.8 Å². The van der Waals surface area contributed by atoms with E-state index in [0.717, 1.165) is 19.6 Å². The highest BCUT2D eigenvalue weighted by molar-refractivity contribution is 7.89. The lowest BCUT2D eigenvalue weighted by Crippen LogP contribution is -3.13. The van der Waals surface area contributed by atoms with Crippen LogP contribution in [0.1, 0.15) is 36.7 Å². The number of carbonyl (C=O) groups excluding carboxylic acids is 1. The number of sulfonamides is 1. The van der Waals surface area contributed by atoms with Crippen LogP contribution in [0.4, 0.5) is 0 Å². The van der Waals surface area contributed by atoms with Gasteiger partial charge in [0.15, 0.2) is 0 Å². The van der Waals surface area contributed by atoms with E-state index in [0.29, 0.717) is 18.7 Å². The molecule has 2 aromatic carbocycles. The summed E-state index contributed by atoms with van der Waals surface area (Å²) in [5, 5.41) is 0. The summed E-state index contributed by atoms with van der Waals surface area (Å²) in [5.41, 5.74) is 1.12. The van der Waals surface area contributed by atoms with Crippen LogP contribution < -0.4 is 9.62 Å². The summed E-state index contributed by atoms with van der Waals surface area (Å²) < 4.78 is 27.8. The minimum Gasteiger partial charge on any atom is -0.328 e. The van der Waals surface area contributed by atoms with E-state index in [-0.39, 0.29) is 10.8 Å². The molecule has 0 atom stereocenters. The molecular weight excluding hydrogens is 386 g/mol. The highest BCUT2D eigenvalue weighted by Crippen LogP contribution is 2.16. The monoisotopic (exact) mass is 416 g/mol. The molecule has 3 rings (SSSR count). The fourth-order valence-corrected chi connectivity index (χ4v) is 4.99. The van der Waals surface area contributed by atoms with Crippen molar-refractivity contribution < 1.29 is 18.1 Å². The van der Waals surface area contributed by atoms with Gasteiger partial charge < -0.3 is 9.80 Å². The number of nitrogens with zero attached hydrogens (tertiary/aromatic N) is 1. The molecule has 0 unspecified atom stereocenters. The summed E-state index contributed by atoms with van der Waals surface area (Å²) in [7, 11) is -3.67. The molecule has 1 aliphatic rings. The van der Waals surface area contributed by atoms with Gasteiger partial charge in [-0.2, -0.15) is 0 Å². The molecule has 1 amide bonds. The van der Waals surface area contributed by atoms with Gasteiger partial charge in [-0.25, -0.2) is 13.1 Å². The number of hydrogen-bond donors (Lipinski definition) is 2. The van der Waals surface area contributed by atoms with Crippen LogP contribution in [-0.2, 0) is 16.6 Å². The van der Waals surface area contributed by atoms with E-state index in [1.165, 1.54) is 22.6 Å². The van der Waals surface area contributed by atoms with Crippen molar-refractivity contribution in [2.24, 2.45) is 0 Å². The quantitative estimate of drug-likeness (QED) is 0.772. The van der Waals surface area contributed by atoms with Gasteiger partial charge in [-0.05, 0) is 39.0 Å². The average molecular weight is 417 g/mol. The number of benzene rings is 2. The van der Waals surface area contributed by atoms with Crippen molar-refractivity contribution >= 4 is 15.9 Å². The number of nitrogens with one attached hydrogen (secondary N) is 2. The number of rotatable bonds is 5. The normalized spacial score (nSPS) is 16.0. The Morgan fingerprint density at radius 3 is 2.31 bits per heavy atom. The largest absolute Gasteiger partial charge is 0.328 e. The molecule has 0 aliphatic carbocycles. The van der Waals surface area contributed by atoms with Crippen LogP contribution in [0.25, 0.3) is 0 Å². The van der Waals surface area contributed by atoms with Gasteiger partial charge >= 0.3 is 0 Å². The van der Waals surface area contributed by atoms with E-state index in [2.05, 4.69) is 16.9 Å². The summed E-state index contributed by atoms with van der Waals surface area (Å²) in [6.07, 6.45) is 0. The molecule has 6 nitrogen and oxygen atoms in total. The minimum absolute atomic E-state index is 0.114. The van der Waals surface area contributed by atoms with Crippen LogP contribution in [0.3, 0.4) is 0 Å². The van der Waals surface area contributed by atoms with Gasteiger partial charge in [-0.1, -0.05) is 36.4 Å². The maximum Gasteiger partial charge on any atom is 0.254 e. The lowest BCUT2D eigenvalue weighted by molar-refractivity contribution is -0.917. The summed E-state index contributed by atoms with van der Waals surface area (Å²) in [4.78, 5) is 16.3. The molecular formula is C22H30N3O3S+. The number of piperazine rings is 1. The molecule has 1 aliphatic heterocycles. The molecule has 29 heavy (non-hydrogen) atoms. The molecule has 1 fully saturated rings. The Morgan fingerprint density at radius 2 is 1.69 bits per heavy atom. The second-order valence-electron chi connectivity index (χ2n) is 8.59. The molecule has 2 N–H and O–H groups in total. The Kier molecular flexibility index (Phi) is 6.41. The van der Waals surface area contributed by atoms with Gasteiger partial charge in [-0.3, -0.25) is 4.79 Å². The third-order valence-electron chi connectivity index (χ3n) is 4.89. The summed E-state index contributed by atoms with van der Waals surface area (Å²) >= 11 is 0. The highest BCUT2D eigenvalue weighted by Gasteiger charge is 2.27. The second kappa shape index (κ2) is 8.65. The van der Waals surface area contributed by atoms with E-state index in [1.807, 2.05) is 23.1 Å². The SMILES string of the molecule is CC(C)(C)NS(=O)(=O)c1cccc(C(=O)N2CC[NH+](Cc3ccccc3)CC2)c1. The number of amides is 1. The molecule has 0 radical (unpaired) electrons. The third-order valence-corrected chi connectivity index (χ3v) is 6.64. The summed E-state index contributed by atoms with van der Waals surface area (Å²) in [6.45, 7) is 9.41. The molecule has 1 saturated heterocycles. The van der Waals surface area contributed by atoms with Crippen LogP contribution in [0.2, 0.25) is 0 Å². The Bertz CT molecular complexity index is 945.